The van der Waals surface area contributed by atoms with Crippen molar-refractivity contribution in [3.8, 4) is 0 Å². The fourth-order valence-corrected chi connectivity index (χ4v) is 1.75. The molecule has 1 aromatic rings. The Morgan fingerprint density at radius 1 is 1.24 bits per heavy atom. The van der Waals surface area contributed by atoms with E-state index in [4.69, 9.17) is 5.21 Å². The minimum absolute atomic E-state index is 0.0160. The van der Waals surface area contributed by atoms with Gasteiger partial charge in [-0.3, -0.25) is 14.8 Å². The molecular weight excluding hydrogens is 268 g/mol. The van der Waals surface area contributed by atoms with Crippen LogP contribution in [-0.2, 0) is 11.3 Å². The van der Waals surface area contributed by atoms with Gasteiger partial charge in [0.1, 0.15) is 0 Å². The van der Waals surface area contributed by atoms with Crippen molar-refractivity contribution in [2.75, 3.05) is 7.05 Å². The third kappa shape index (κ3) is 5.72. The van der Waals surface area contributed by atoms with E-state index in [0.29, 0.717) is 5.56 Å². The monoisotopic (exact) mass is 288 g/mol. The number of Topliss-reactive ketones (excluding diaryl/α,β-unsaturated/α-hetero) is 1. The lowest BCUT2D eigenvalue weighted by molar-refractivity contribution is -0.124. The summed E-state index contributed by atoms with van der Waals surface area (Å²) < 4.78 is 0. The first-order valence-electron chi connectivity index (χ1n) is 6.65. The Morgan fingerprint density at radius 3 is 2.48 bits per heavy atom. The lowest BCUT2D eigenvalue weighted by Crippen LogP contribution is -2.14. The highest BCUT2D eigenvalue weighted by Crippen LogP contribution is 2.11. The second-order valence-electron chi connectivity index (χ2n) is 4.60. The summed E-state index contributed by atoms with van der Waals surface area (Å²) in [6.07, 6.45) is 5.93. The Bertz CT molecular complexity index is 533. The van der Waals surface area contributed by atoms with Gasteiger partial charge in [-0.15, -0.1) is 0 Å². The second kappa shape index (κ2) is 8.84. The summed E-state index contributed by atoms with van der Waals surface area (Å²) in [5.41, 5.74) is 3.26. The van der Waals surface area contributed by atoms with Crippen LogP contribution in [0.2, 0.25) is 0 Å². The number of hydrogen-bond donors (Lipinski definition) is 3. The number of hydrogen-bond acceptors (Lipinski definition) is 4. The zero-order valence-electron chi connectivity index (χ0n) is 12.2. The van der Waals surface area contributed by atoms with Crippen molar-refractivity contribution in [1.29, 1.82) is 0 Å². The Hall–Kier alpha value is -2.24. The van der Waals surface area contributed by atoms with Gasteiger partial charge in [-0.1, -0.05) is 49.4 Å². The molecule has 0 unspecified atom stereocenters. The molecule has 21 heavy (non-hydrogen) atoms. The maximum absolute atomic E-state index is 12.2. The van der Waals surface area contributed by atoms with Crippen LogP contribution in [0.1, 0.15) is 22.8 Å². The van der Waals surface area contributed by atoms with E-state index in [1.165, 1.54) is 17.6 Å². The molecule has 1 aromatic carbocycles. The first-order chi connectivity index (χ1) is 10.1. The van der Waals surface area contributed by atoms with E-state index in [2.05, 4.69) is 5.32 Å². The van der Waals surface area contributed by atoms with Crippen LogP contribution in [0.4, 0.5) is 0 Å². The normalized spacial score (nSPS) is 12.7. The molecule has 0 fully saturated rings. The molecule has 5 nitrogen and oxygen atoms in total. The average Bonchev–Trinajstić information content (AvgIpc) is 2.51. The highest BCUT2D eigenvalue weighted by Gasteiger charge is 2.11. The van der Waals surface area contributed by atoms with E-state index in [1.54, 1.807) is 19.1 Å². The molecule has 0 heterocycles. The molecule has 0 aliphatic rings. The summed E-state index contributed by atoms with van der Waals surface area (Å²) in [6, 6.07) is 7.47. The quantitative estimate of drug-likeness (QED) is 0.235. The number of amides is 1. The van der Waals surface area contributed by atoms with Gasteiger partial charge in [0.2, 0.25) is 0 Å². The zero-order chi connectivity index (χ0) is 15.7. The van der Waals surface area contributed by atoms with Crippen LogP contribution in [0, 0.1) is 5.92 Å². The van der Waals surface area contributed by atoms with E-state index in [-0.39, 0.29) is 11.7 Å². The Morgan fingerprint density at radius 2 is 1.90 bits per heavy atom. The molecule has 1 atom stereocenters. The highest BCUT2D eigenvalue weighted by atomic mass is 16.5. The minimum Gasteiger partial charge on any atom is -0.316 e. The number of rotatable bonds is 7. The first kappa shape index (κ1) is 16.8. The molecule has 0 saturated heterocycles. The standard InChI is InChI=1S/C16H20N2O3/c1-12(5-3-4-6-15(19)18-21)16(20)14-9-7-13(8-10-14)11-17-2/h3-10,12,17,21H,11H2,1-2H3,(H,18,19)/b5-3+,6-4+/t12-/m1/s1. The topological polar surface area (TPSA) is 78.4 Å². The van der Waals surface area contributed by atoms with E-state index < -0.39 is 5.91 Å². The van der Waals surface area contributed by atoms with Gasteiger partial charge in [-0.25, -0.2) is 5.48 Å². The van der Waals surface area contributed by atoms with E-state index in [1.807, 2.05) is 31.3 Å². The number of benzene rings is 1. The predicted molar refractivity (Wildman–Crippen MR) is 80.9 cm³/mol. The summed E-state index contributed by atoms with van der Waals surface area (Å²) in [6.45, 7) is 2.56. The molecule has 3 N–H and O–H groups in total. The van der Waals surface area contributed by atoms with Crippen molar-refractivity contribution < 1.29 is 14.8 Å². The maximum atomic E-state index is 12.2. The molecule has 5 heteroatoms. The number of allylic oxidation sites excluding steroid dienone is 3. The van der Waals surface area contributed by atoms with Crippen molar-refractivity contribution >= 4 is 11.7 Å². The lowest BCUT2D eigenvalue weighted by atomic mass is 9.98. The van der Waals surface area contributed by atoms with Gasteiger partial charge in [-0.05, 0) is 12.6 Å². The van der Waals surface area contributed by atoms with Crippen LogP contribution in [0.3, 0.4) is 0 Å². The first-order valence-corrected chi connectivity index (χ1v) is 6.65. The van der Waals surface area contributed by atoms with Crippen LogP contribution < -0.4 is 10.8 Å². The molecule has 1 rings (SSSR count). The molecule has 0 aromatic heterocycles. The van der Waals surface area contributed by atoms with Crippen molar-refractivity contribution in [2.45, 2.75) is 13.5 Å². The second-order valence-corrected chi connectivity index (χ2v) is 4.60. The fraction of sp³-hybridized carbons (Fsp3) is 0.250. The number of nitrogens with one attached hydrogen (secondary N) is 2. The highest BCUT2D eigenvalue weighted by molar-refractivity contribution is 5.98. The number of ketones is 1. The van der Waals surface area contributed by atoms with Crippen molar-refractivity contribution in [3.05, 3.63) is 59.7 Å². The zero-order valence-corrected chi connectivity index (χ0v) is 12.2. The molecule has 0 radical (unpaired) electrons. The molecular formula is C16H20N2O3. The number of carbonyl (C=O) groups excluding carboxylic acids is 2. The van der Waals surface area contributed by atoms with Gasteiger partial charge in [-0.2, -0.15) is 0 Å². The van der Waals surface area contributed by atoms with Gasteiger partial charge in [0.05, 0.1) is 0 Å². The number of carbonyl (C=O) groups is 2. The average molecular weight is 288 g/mol. The van der Waals surface area contributed by atoms with E-state index >= 15 is 0 Å². The summed E-state index contributed by atoms with van der Waals surface area (Å²) in [5, 5.41) is 11.4. The SMILES string of the molecule is CNCc1ccc(C(=O)[C@H](C)/C=C/C=C/C(=O)NO)cc1. The molecule has 0 spiro atoms. The smallest absolute Gasteiger partial charge is 0.267 e. The third-order valence-electron chi connectivity index (χ3n) is 2.90. The van der Waals surface area contributed by atoms with E-state index in [0.717, 1.165) is 12.1 Å². The van der Waals surface area contributed by atoms with Gasteiger partial charge in [0, 0.05) is 24.1 Å². The van der Waals surface area contributed by atoms with Crippen LogP contribution in [0.15, 0.2) is 48.6 Å². The van der Waals surface area contributed by atoms with Crippen molar-refractivity contribution in [3.63, 3.8) is 0 Å². The summed E-state index contributed by atoms with van der Waals surface area (Å²) in [7, 11) is 1.87. The molecule has 112 valence electrons. The molecule has 0 aliphatic carbocycles. The Kier molecular flexibility index (Phi) is 7.08. The van der Waals surface area contributed by atoms with Crippen molar-refractivity contribution in [2.24, 2.45) is 5.92 Å². The predicted octanol–water partition coefficient (Wildman–Crippen LogP) is 1.84. The molecule has 0 aliphatic heterocycles. The van der Waals surface area contributed by atoms with Gasteiger partial charge >= 0.3 is 0 Å². The Balaban J connectivity index is 2.63. The van der Waals surface area contributed by atoms with Crippen molar-refractivity contribution in [1.82, 2.24) is 10.8 Å². The summed E-state index contributed by atoms with van der Waals surface area (Å²) in [5.74, 6) is -0.886. The number of hydroxylamine groups is 1. The van der Waals surface area contributed by atoms with Crippen LogP contribution in [-0.4, -0.2) is 23.9 Å². The largest absolute Gasteiger partial charge is 0.316 e. The van der Waals surface area contributed by atoms with Crippen LogP contribution >= 0.6 is 0 Å². The van der Waals surface area contributed by atoms with Gasteiger partial charge in [0.15, 0.2) is 5.78 Å². The third-order valence-corrected chi connectivity index (χ3v) is 2.90. The fourth-order valence-electron chi connectivity index (χ4n) is 1.75. The van der Waals surface area contributed by atoms with Crippen LogP contribution in [0.25, 0.3) is 0 Å². The summed E-state index contributed by atoms with van der Waals surface area (Å²) in [4.78, 5) is 22.9. The molecule has 0 saturated carbocycles. The minimum atomic E-state index is -0.612. The lowest BCUT2D eigenvalue weighted by Gasteiger charge is -2.06. The summed E-state index contributed by atoms with van der Waals surface area (Å²) >= 11 is 0. The van der Waals surface area contributed by atoms with Gasteiger partial charge < -0.3 is 5.32 Å². The van der Waals surface area contributed by atoms with Gasteiger partial charge in [0.25, 0.3) is 5.91 Å². The van der Waals surface area contributed by atoms with E-state index in [9.17, 15) is 9.59 Å². The maximum Gasteiger partial charge on any atom is 0.267 e. The molecule has 1 amide bonds. The van der Waals surface area contributed by atoms with Crippen LogP contribution in [0.5, 0.6) is 0 Å². The molecule has 0 bridgehead atoms. The Labute approximate surface area is 124 Å².